The second kappa shape index (κ2) is 7.11. The minimum absolute atomic E-state index is 0.162. The van der Waals surface area contributed by atoms with E-state index in [1.54, 1.807) is 27.4 Å². The maximum absolute atomic E-state index is 12.4. The molecule has 0 aliphatic carbocycles. The Labute approximate surface area is 161 Å². The molecule has 3 aromatic rings. The predicted molar refractivity (Wildman–Crippen MR) is 107 cm³/mol. The van der Waals surface area contributed by atoms with Gasteiger partial charge in [-0.05, 0) is 48.5 Å². The van der Waals surface area contributed by atoms with Gasteiger partial charge in [-0.15, -0.1) is 0 Å². The fourth-order valence-electron chi connectivity index (χ4n) is 3.15. The molecule has 0 radical (unpaired) electrons. The molecule has 28 heavy (non-hydrogen) atoms. The van der Waals surface area contributed by atoms with Gasteiger partial charge in [0.05, 0.1) is 38.3 Å². The van der Waals surface area contributed by atoms with Crippen LogP contribution < -0.4 is 19.5 Å². The Kier molecular flexibility index (Phi) is 4.49. The van der Waals surface area contributed by atoms with Gasteiger partial charge in [0.25, 0.3) is 5.91 Å². The first-order valence-corrected chi connectivity index (χ1v) is 8.62. The van der Waals surface area contributed by atoms with Gasteiger partial charge >= 0.3 is 0 Å². The van der Waals surface area contributed by atoms with E-state index < -0.39 is 0 Å². The topological polar surface area (TPSA) is 85.5 Å². The third-order valence-corrected chi connectivity index (χ3v) is 4.59. The maximum atomic E-state index is 12.4. The van der Waals surface area contributed by atoms with Crippen LogP contribution >= 0.6 is 0 Å². The lowest BCUT2D eigenvalue weighted by atomic mass is 10.1. The Morgan fingerprint density at radius 2 is 1.75 bits per heavy atom. The smallest absolute Gasteiger partial charge is 0.256 e. The van der Waals surface area contributed by atoms with Crippen LogP contribution in [0.3, 0.4) is 0 Å². The number of nitrogens with zero attached hydrogens (tertiary/aromatic N) is 1. The fraction of sp³-hybridized carbons (Fsp3) is 0.143. The number of rotatable bonds is 5. The maximum Gasteiger partial charge on any atom is 0.256 e. The van der Waals surface area contributed by atoms with Gasteiger partial charge in [0, 0.05) is 16.8 Å². The molecule has 7 heteroatoms. The van der Waals surface area contributed by atoms with E-state index in [2.05, 4.69) is 15.5 Å². The highest BCUT2D eigenvalue weighted by Gasteiger charge is 2.25. The van der Waals surface area contributed by atoms with Crippen LogP contribution in [0.5, 0.6) is 17.2 Å². The summed E-state index contributed by atoms with van der Waals surface area (Å²) in [6.07, 6.45) is 1.78. The summed E-state index contributed by atoms with van der Waals surface area (Å²) < 4.78 is 15.9. The molecule has 1 aliphatic heterocycles. The van der Waals surface area contributed by atoms with E-state index in [1.165, 1.54) is 0 Å². The third-order valence-electron chi connectivity index (χ3n) is 4.59. The summed E-state index contributed by atoms with van der Waals surface area (Å²) in [5.41, 5.74) is 4.43. The van der Waals surface area contributed by atoms with Gasteiger partial charge in [-0.1, -0.05) is 0 Å². The molecule has 2 N–H and O–H groups in total. The summed E-state index contributed by atoms with van der Waals surface area (Å²) >= 11 is 0. The molecule has 0 spiro atoms. The van der Waals surface area contributed by atoms with E-state index >= 15 is 0 Å². The summed E-state index contributed by atoms with van der Waals surface area (Å²) in [7, 11) is 4.78. The van der Waals surface area contributed by atoms with Crippen molar-refractivity contribution in [2.75, 3.05) is 26.6 Å². The fourth-order valence-corrected chi connectivity index (χ4v) is 3.15. The van der Waals surface area contributed by atoms with Gasteiger partial charge in [-0.25, -0.2) is 0 Å². The van der Waals surface area contributed by atoms with Gasteiger partial charge in [0.2, 0.25) is 0 Å². The molecule has 7 nitrogen and oxygen atoms in total. The Balaban J connectivity index is 1.69. The first-order valence-electron chi connectivity index (χ1n) is 8.62. The summed E-state index contributed by atoms with van der Waals surface area (Å²) in [5, 5.41) is 10.2. The van der Waals surface area contributed by atoms with E-state index in [9.17, 15) is 4.79 Å². The van der Waals surface area contributed by atoms with Crippen LogP contribution in [0.1, 0.15) is 11.3 Å². The van der Waals surface area contributed by atoms with Crippen molar-refractivity contribution < 1.29 is 19.0 Å². The number of H-pyrrole nitrogens is 1. The van der Waals surface area contributed by atoms with Gasteiger partial charge < -0.3 is 19.5 Å². The lowest BCUT2D eigenvalue weighted by molar-refractivity contribution is -0.110. The number of nitrogens with one attached hydrogen (secondary N) is 2. The highest BCUT2D eigenvalue weighted by atomic mass is 16.5. The number of amides is 1. The lowest BCUT2D eigenvalue weighted by Gasteiger charge is -2.08. The number of carbonyl (C=O) groups is 1. The predicted octanol–water partition coefficient (Wildman–Crippen LogP) is 3.60. The molecule has 1 amide bonds. The number of aromatic amines is 1. The second-order valence-electron chi connectivity index (χ2n) is 6.20. The number of benzene rings is 2. The van der Waals surface area contributed by atoms with Crippen LogP contribution in [0.15, 0.2) is 42.5 Å². The standard InChI is InChI=1S/C21H19N3O4/c1-26-14-5-6-17-15(11-14)16(21(25)22-17)9-13-10-18(24-23-13)12-4-7-19(27-2)20(8-12)28-3/h4-11H,1-3H3,(H,22,25)(H,23,24)/b16-9-. The molecule has 0 fully saturated rings. The van der Waals surface area contributed by atoms with E-state index in [0.29, 0.717) is 28.5 Å². The Bertz CT molecular complexity index is 1090. The van der Waals surface area contributed by atoms with Crippen molar-refractivity contribution in [3.8, 4) is 28.5 Å². The number of fused-ring (bicyclic) bond motifs is 1. The summed E-state index contributed by atoms with van der Waals surface area (Å²) in [6, 6.07) is 12.9. The van der Waals surface area contributed by atoms with Crippen molar-refractivity contribution >= 4 is 23.2 Å². The van der Waals surface area contributed by atoms with E-state index in [-0.39, 0.29) is 5.91 Å². The normalized spacial score (nSPS) is 14.0. The highest BCUT2D eigenvalue weighted by molar-refractivity contribution is 6.34. The minimum atomic E-state index is -0.162. The lowest BCUT2D eigenvalue weighted by Crippen LogP contribution is -2.03. The van der Waals surface area contributed by atoms with Crippen LogP contribution in [0.4, 0.5) is 5.69 Å². The van der Waals surface area contributed by atoms with Gasteiger partial charge in [-0.2, -0.15) is 5.10 Å². The zero-order chi connectivity index (χ0) is 19.7. The SMILES string of the molecule is COc1ccc2c(c1)/C(=C/c1cc(-c3ccc(OC)c(OC)c3)n[nH]1)C(=O)N2. The van der Waals surface area contributed by atoms with Crippen LogP contribution in [-0.2, 0) is 4.79 Å². The van der Waals surface area contributed by atoms with Crippen molar-refractivity contribution in [1.29, 1.82) is 0 Å². The number of hydrogen-bond donors (Lipinski definition) is 2. The number of anilines is 1. The molecule has 0 saturated carbocycles. The summed E-state index contributed by atoms with van der Waals surface area (Å²) in [6.45, 7) is 0. The number of methoxy groups -OCH3 is 3. The van der Waals surface area contributed by atoms with Crippen molar-refractivity contribution in [1.82, 2.24) is 10.2 Å². The molecule has 1 aromatic heterocycles. The van der Waals surface area contributed by atoms with Crippen LogP contribution in [0, 0.1) is 0 Å². The largest absolute Gasteiger partial charge is 0.497 e. The molecule has 2 aromatic carbocycles. The highest BCUT2D eigenvalue weighted by Crippen LogP contribution is 2.36. The Morgan fingerprint density at radius 3 is 2.50 bits per heavy atom. The van der Waals surface area contributed by atoms with Crippen molar-refractivity contribution in [3.63, 3.8) is 0 Å². The number of hydrogen-bond acceptors (Lipinski definition) is 5. The molecular weight excluding hydrogens is 358 g/mol. The van der Waals surface area contributed by atoms with E-state index in [1.807, 2.05) is 42.5 Å². The second-order valence-corrected chi connectivity index (χ2v) is 6.20. The molecule has 4 rings (SSSR count). The average molecular weight is 377 g/mol. The average Bonchev–Trinajstić information content (AvgIpc) is 3.32. The van der Waals surface area contributed by atoms with Crippen LogP contribution in [-0.4, -0.2) is 37.4 Å². The monoisotopic (exact) mass is 377 g/mol. The summed E-state index contributed by atoms with van der Waals surface area (Å²) in [5.74, 6) is 1.80. The third kappa shape index (κ3) is 3.07. The summed E-state index contributed by atoms with van der Waals surface area (Å²) in [4.78, 5) is 12.4. The quantitative estimate of drug-likeness (QED) is 0.664. The van der Waals surface area contributed by atoms with Crippen LogP contribution in [0.25, 0.3) is 22.9 Å². The number of aromatic nitrogens is 2. The molecule has 142 valence electrons. The number of carbonyl (C=O) groups excluding carboxylic acids is 1. The molecule has 0 saturated heterocycles. The first kappa shape index (κ1) is 17.7. The number of ether oxygens (including phenoxy) is 3. The molecule has 0 bridgehead atoms. The molecule has 2 heterocycles. The molecule has 0 unspecified atom stereocenters. The van der Waals surface area contributed by atoms with Crippen LogP contribution in [0.2, 0.25) is 0 Å². The van der Waals surface area contributed by atoms with Gasteiger partial charge in [0.1, 0.15) is 5.75 Å². The van der Waals surface area contributed by atoms with Crippen molar-refractivity contribution in [3.05, 3.63) is 53.7 Å². The first-order chi connectivity index (χ1) is 13.6. The van der Waals surface area contributed by atoms with Gasteiger partial charge in [-0.3, -0.25) is 9.89 Å². The van der Waals surface area contributed by atoms with E-state index in [4.69, 9.17) is 14.2 Å². The Hall–Kier alpha value is -3.74. The molecular formula is C21H19N3O4. The van der Waals surface area contributed by atoms with E-state index in [0.717, 1.165) is 22.5 Å². The van der Waals surface area contributed by atoms with Gasteiger partial charge in [0.15, 0.2) is 11.5 Å². The zero-order valence-corrected chi connectivity index (χ0v) is 15.7. The zero-order valence-electron chi connectivity index (χ0n) is 15.7. The molecule has 0 atom stereocenters. The van der Waals surface area contributed by atoms with Crippen molar-refractivity contribution in [2.24, 2.45) is 0 Å². The Morgan fingerprint density at radius 1 is 0.929 bits per heavy atom. The molecule has 1 aliphatic rings. The minimum Gasteiger partial charge on any atom is -0.497 e. The van der Waals surface area contributed by atoms with Crippen molar-refractivity contribution in [2.45, 2.75) is 0 Å².